The molecule has 0 radical (unpaired) electrons. The molecule has 0 unspecified atom stereocenters. The Labute approximate surface area is 141 Å². The van der Waals surface area contributed by atoms with Gasteiger partial charge >= 0.3 is 0 Å². The molecule has 0 spiro atoms. The summed E-state index contributed by atoms with van der Waals surface area (Å²) in [5.41, 5.74) is 0.999. The van der Waals surface area contributed by atoms with E-state index in [1.807, 2.05) is 0 Å². The van der Waals surface area contributed by atoms with Crippen LogP contribution >= 0.6 is 11.3 Å². The summed E-state index contributed by atoms with van der Waals surface area (Å²) in [6.07, 6.45) is -0.0412. The molecule has 1 aliphatic heterocycles. The summed E-state index contributed by atoms with van der Waals surface area (Å²) in [5, 5.41) is 4.43. The molecule has 122 valence electrons. The Hall–Kier alpha value is -2.87. The predicted octanol–water partition coefficient (Wildman–Crippen LogP) is 1.97. The van der Waals surface area contributed by atoms with Crippen molar-refractivity contribution in [3.8, 4) is 0 Å². The number of fused-ring (bicyclic) bond motifs is 1. The lowest BCUT2D eigenvalue weighted by Crippen LogP contribution is -2.32. The first-order valence-corrected chi connectivity index (χ1v) is 8.07. The number of nitrogens with one attached hydrogen (secondary N) is 1. The number of hydrogen-bond acceptors (Lipinski definition) is 6. The zero-order valence-corrected chi connectivity index (χ0v) is 13.6. The second-order valence-corrected chi connectivity index (χ2v) is 6.06. The number of amides is 3. The van der Waals surface area contributed by atoms with Gasteiger partial charge in [-0.1, -0.05) is 12.1 Å². The Bertz CT molecular complexity index is 824. The van der Waals surface area contributed by atoms with Gasteiger partial charge in [-0.15, -0.1) is 11.3 Å². The molecule has 1 aromatic heterocycles. The van der Waals surface area contributed by atoms with Crippen LogP contribution in [0.3, 0.4) is 0 Å². The van der Waals surface area contributed by atoms with Crippen molar-refractivity contribution < 1.29 is 19.2 Å². The molecule has 0 atom stereocenters. The predicted molar refractivity (Wildman–Crippen MR) is 87.2 cm³/mol. The summed E-state index contributed by atoms with van der Waals surface area (Å²) in [5.74, 6) is -1.35. The fraction of sp³-hybridized carbons (Fsp3) is 0.188. The number of rotatable bonds is 5. The zero-order chi connectivity index (χ0) is 17.3. The normalized spacial score (nSPS) is 13.1. The van der Waals surface area contributed by atoms with Crippen LogP contribution in [0.15, 0.2) is 29.6 Å². The third kappa shape index (κ3) is 2.95. The standard InChI is InChI=1S/C16H13N3O4S/c1-9(20)12-8-24-16(17-12)18-13(21)6-7-19-14(22)10-4-2-3-5-11(10)15(19)23/h2-5,8H,6-7H2,1H3,(H,17,18,21). The number of benzene rings is 1. The van der Waals surface area contributed by atoms with E-state index >= 15 is 0 Å². The van der Waals surface area contributed by atoms with Crippen LogP contribution in [-0.4, -0.2) is 39.9 Å². The largest absolute Gasteiger partial charge is 0.302 e. The molecule has 1 N–H and O–H groups in total. The molecule has 8 heteroatoms. The molecule has 7 nitrogen and oxygen atoms in total. The third-order valence-electron chi connectivity index (χ3n) is 3.55. The summed E-state index contributed by atoms with van der Waals surface area (Å²) < 4.78 is 0. The van der Waals surface area contributed by atoms with Crippen molar-refractivity contribution in [2.24, 2.45) is 0 Å². The van der Waals surface area contributed by atoms with Gasteiger partial charge in [-0.2, -0.15) is 0 Å². The van der Waals surface area contributed by atoms with E-state index in [2.05, 4.69) is 10.3 Å². The average Bonchev–Trinajstić information content (AvgIpc) is 3.11. The molecule has 3 rings (SSSR count). The van der Waals surface area contributed by atoms with Gasteiger partial charge < -0.3 is 5.32 Å². The molecular weight excluding hydrogens is 330 g/mol. The quantitative estimate of drug-likeness (QED) is 0.661. The smallest absolute Gasteiger partial charge is 0.261 e. The lowest BCUT2D eigenvalue weighted by molar-refractivity contribution is -0.116. The first-order chi connectivity index (χ1) is 11.5. The maximum absolute atomic E-state index is 12.2. The van der Waals surface area contributed by atoms with E-state index in [0.29, 0.717) is 16.3 Å². The lowest BCUT2D eigenvalue weighted by atomic mass is 10.1. The fourth-order valence-electron chi connectivity index (χ4n) is 2.33. The van der Waals surface area contributed by atoms with E-state index < -0.39 is 11.8 Å². The number of ketones is 1. The van der Waals surface area contributed by atoms with Crippen LogP contribution in [0.5, 0.6) is 0 Å². The molecular formula is C16H13N3O4S. The summed E-state index contributed by atoms with van der Waals surface area (Å²) in [6.45, 7) is 1.38. The number of aromatic nitrogens is 1. The van der Waals surface area contributed by atoms with Gasteiger partial charge in [-0.25, -0.2) is 4.98 Å². The highest BCUT2D eigenvalue weighted by Crippen LogP contribution is 2.22. The van der Waals surface area contributed by atoms with Crippen molar-refractivity contribution in [3.05, 3.63) is 46.5 Å². The number of imide groups is 1. The Kier molecular flexibility index (Phi) is 4.22. The monoisotopic (exact) mass is 343 g/mol. The molecule has 1 aromatic carbocycles. The number of carbonyl (C=O) groups excluding carboxylic acids is 4. The lowest BCUT2D eigenvalue weighted by Gasteiger charge is -2.12. The summed E-state index contributed by atoms with van der Waals surface area (Å²) >= 11 is 1.14. The Balaban J connectivity index is 1.60. The molecule has 0 fully saturated rings. The van der Waals surface area contributed by atoms with Crippen LogP contribution in [0, 0.1) is 0 Å². The SMILES string of the molecule is CC(=O)c1csc(NC(=O)CCN2C(=O)c3ccccc3C2=O)n1. The van der Waals surface area contributed by atoms with E-state index in [-0.39, 0.29) is 30.3 Å². The van der Waals surface area contributed by atoms with Crippen molar-refractivity contribution in [1.29, 1.82) is 0 Å². The van der Waals surface area contributed by atoms with E-state index in [0.717, 1.165) is 16.2 Å². The van der Waals surface area contributed by atoms with Gasteiger partial charge in [0.25, 0.3) is 11.8 Å². The second-order valence-electron chi connectivity index (χ2n) is 5.20. The minimum Gasteiger partial charge on any atom is -0.302 e. The Morgan fingerprint density at radius 3 is 2.33 bits per heavy atom. The van der Waals surface area contributed by atoms with Crippen molar-refractivity contribution in [2.45, 2.75) is 13.3 Å². The summed E-state index contributed by atoms with van der Waals surface area (Å²) in [7, 11) is 0. The van der Waals surface area contributed by atoms with Crippen LogP contribution in [0.1, 0.15) is 44.5 Å². The molecule has 0 saturated heterocycles. The summed E-state index contributed by atoms with van der Waals surface area (Å²) in [6, 6.07) is 6.56. The second kappa shape index (κ2) is 6.32. The van der Waals surface area contributed by atoms with E-state index in [4.69, 9.17) is 0 Å². The van der Waals surface area contributed by atoms with Gasteiger partial charge in [0.05, 0.1) is 11.1 Å². The molecule has 0 aliphatic carbocycles. The number of nitrogens with zero attached hydrogens (tertiary/aromatic N) is 2. The molecule has 0 bridgehead atoms. The van der Waals surface area contributed by atoms with Crippen molar-refractivity contribution in [3.63, 3.8) is 0 Å². The Morgan fingerprint density at radius 1 is 1.17 bits per heavy atom. The van der Waals surface area contributed by atoms with Gasteiger partial charge in [-0.3, -0.25) is 24.1 Å². The number of carbonyl (C=O) groups is 4. The first kappa shape index (κ1) is 16.0. The highest BCUT2D eigenvalue weighted by atomic mass is 32.1. The van der Waals surface area contributed by atoms with Crippen LogP contribution in [0.25, 0.3) is 0 Å². The molecule has 2 heterocycles. The summed E-state index contributed by atoms with van der Waals surface area (Å²) in [4.78, 5) is 52.5. The average molecular weight is 343 g/mol. The van der Waals surface area contributed by atoms with Crippen LogP contribution in [0.4, 0.5) is 5.13 Å². The van der Waals surface area contributed by atoms with Crippen molar-refractivity contribution in [1.82, 2.24) is 9.88 Å². The number of thiazole rings is 1. The first-order valence-electron chi connectivity index (χ1n) is 7.19. The fourth-order valence-corrected chi connectivity index (χ4v) is 3.10. The van der Waals surface area contributed by atoms with E-state index in [1.165, 1.54) is 6.92 Å². The molecule has 2 aromatic rings. The maximum Gasteiger partial charge on any atom is 0.261 e. The number of Topliss-reactive ketones (excluding diaryl/α,β-unsaturated/α-hetero) is 1. The van der Waals surface area contributed by atoms with Gasteiger partial charge in [0, 0.05) is 25.3 Å². The van der Waals surface area contributed by atoms with Gasteiger partial charge in [0.2, 0.25) is 5.91 Å². The van der Waals surface area contributed by atoms with E-state index in [9.17, 15) is 19.2 Å². The van der Waals surface area contributed by atoms with Gasteiger partial charge in [0.1, 0.15) is 5.69 Å². The molecule has 1 aliphatic rings. The zero-order valence-electron chi connectivity index (χ0n) is 12.7. The third-order valence-corrected chi connectivity index (χ3v) is 4.31. The topological polar surface area (TPSA) is 96.4 Å². The molecule has 3 amide bonds. The highest BCUT2D eigenvalue weighted by molar-refractivity contribution is 7.14. The number of hydrogen-bond donors (Lipinski definition) is 1. The van der Waals surface area contributed by atoms with Gasteiger partial charge in [-0.05, 0) is 12.1 Å². The van der Waals surface area contributed by atoms with Gasteiger partial charge in [0.15, 0.2) is 10.9 Å². The maximum atomic E-state index is 12.2. The van der Waals surface area contributed by atoms with Crippen LogP contribution < -0.4 is 5.32 Å². The minimum atomic E-state index is -0.392. The molecule has 24 heavy (non-hydrogen) atoms. The molecule has 0 saturated carbocycles. The van der Waals surface area contributed by atoms with E-state index in [1.54, 1.807) is 29.6 Å². The minimum absolute atomic E-state index is 0.0108. The van der Waals surface area contributed by atoms with Crippen molar-refractivity contribution >= 4 is 40.0 Å². The number of anilines is 1. The highest BCUT2D eigenvalue weighted by Gasteiger charge is 2.34. The van der Waals surface area contributed by atoms with Crippen LogP contribution in [0.2, 0.25) is 0 Å². The van der Waals surface area contributed by atoms with Crippen LogP contribution in [-0.2, 0) is 4.79 Å². The van der Waals surface area contributed by atoms with Crippen molar-refractivity contribution in [2.75, 3.05) is 11.9 Å². The Morgan fingerprint density at radius 2 is 1.79 bits per heavy atom.